The monoisotopic (exact) mass is 480 g/mol. The number of thiophene rings is 1. The maximum atomic E-state index is 13.0. The van der Waals surface area contributed by atoms with Gasteiger partial charge in [0.2, 0.25) is 5.88 Å². The van der Waals surface area contributed by atoms with Gasteiger partial charge in [0, 0.05) is 48.8 Å². The summed E-state index contributed by atoms with van der Waals surface area (Å²) < 4.78 is 12.0. The second-order valence-corrected chi connectivity index (χ2v) is 10.4. The molecular formula is C24H28N6O3S. The third-order valence-electron chi connectivity index (χ3n) is 7.17. The van der Waals surface area contributed by atoms with Crippen molar-refractivity contribution in [3.05, 3.63) is 40.4 Å². The number of fused-ring (bicyclic) bond motifs is 2. The molecule has 0 radical (unpaired) electrons. The van der Waals surface area contributed by atoms with Crippen molar-refractivity contribution in [3.8, 4) is 5.88 Å². The Hall–Kier alpha value is -2.95. The number of nitrogens with two attached hydrogens (primary N) is 2. The molecule has 10 heteroatoms. The van der Waals surface area contributed by atoms with Gasteiger partial charge in [-0.2, -0.15) is 4.98 Å². The first kappa shape index (κ1) is 21.6. The van der Waals surface area contributed by atoms with E-state index in [4.69, 9.17) is 25.9 Å². The van der Waals surface area contributed by atoms with Gasteiger partial charge in [-0.25, -0.2) is 4.98 Å². The van der Waals surface area contributed by atoms with Gasteiger partial charge in [0.15, 0.2) is 0 Å². The zero-order valence-corrected chi connectivity index (χ0v) is 19.9. The number of pyridine rings is 2. The van der Waals surface area contributed by atoms with E-state index in [0.717, 1.165) is 59.8 Å². The molecule has 2 saturated heterocycles. The Kier molecular flexibility index (Phi) is 5.12. The molecule has 178 valence electrons. The Morgan fingerprint density at radius 3 is 3.00 bits per heavy atom. The van der Waals surface area contributed by atoms with Crippen molar-refractivity contribution in [2.24, 2.45) is 5.73 Å². The quantitative estimate of drug-likeness (QED) is 0.519. The van der Waals surface area contributed by atoms with Crippen LogP contribution >= 0.6 is 11.3 Å². The summed E-state index contributed by atoms with van der Waals surface area (Å²) in [5.74, 6) is 1.30. The molecule has 9 nitrogen and oxygen atoms in total. The molecule has 3 atom stereocenters. The van der Waals surface area contributed by atoms with Crippen molar-refractivity contribution in [2.45, 2.75) is 43.9 Å². The highest BCUT2D eigenvalue weighted by molar-refractivity contribution is 7.21. The molecule has 1 spiro atoms. The Labute approximate surface area is 201 Å². The third kappa shape index (κ3) is 3.57. The van der Waals surface area contributed by atoms with E-state index in [-0.39, 0.29) is 23.6 Å². The fourth-order valence-electron chi connectivity index (χ4n) is 5.20. The number of nitrogens with zero attached hydrogens (tertiary/aromatic N) is 3. The standard InChI is InChI=1S/C24H28N6O3S/c1-13-2-4-16-19(26)20(34-23(16)27-13)21(31)28-15-10-14-3-5-18(29-22(14)32-11-15)30-8-7-24(12-30)17(25)6-9-33-24/h2-5,15,17H,6-12,25-26H2,1H3,(H,28,31)/t15-,17-,24+/m1/s1. The summed E-state index contributed by atoms with van der Waals surface area (Å²) in [7, 11) is 0. The molecule has 0 aromatic carbocycles. The SMILES string of the molecule is Cc1ccc2c(N)c(C(=O)N[C@H]3COc4nc(N5CC[C@@]6(C5)OCC[C@H]6N)ccc4C3)sc2n1. The molecule has 2 fully saturated rings. The van der Waals surface area contributed by atoms with Crippen LogP contribution in [0.5, 0.6) is 5.88 Å². The van der Waals surface area contributed by atoms with E-state index in [1.54, 1.807) is 0 Å². The van der Waals surface area contributed by atoms with Gasteiger partial charge in [-0.15, -0.1) is 11.3 Å². The minimum atomic E-state index is -0.253. The number of hydrogen-bond donors (Lipinski definition) is 3. The van der Waals surface area contributed by atoms with Crippen LogP contribution in [0.15, 0.2) is 24.3 Å². The lowest BCUT2D eigenvalue weighted by atomic mass is 9.94. The van der Waals surface area contributed by atoms with Crippen LogP contribution in [0.1, 0.15) is 33.8 Å². The molecule has 3 aliphatic heterocycles. The lowest BCUT2D eigenvalue weighted by Crippen LogP contribution is -2.47. The average Bonchev–Trinajstić information content (AvgIpc) is 3.51. The van der Waals surface area contributed by atoms with Gasteiger partial charge >= 0.3 is 0 Å². The molecule has 6 rings (SSSR count). The lowest BCUT2D eigenvalue weighted by molar-refractivity contribution is 0.0147. The maximum absolute atomic E-state index is 13.0. The minimum absolute atomic E-state index is 0.0746. The first-order valence-corrected chi connectivity index (χ1v) is 12.5. The Morgan fingerprint density at radius 2 is 2.18 bits per heavy atom. The first-order chi connectivity index (χ1) is 16.4. The van der Waals surface area contributed by atoms with Crippen molar-refractivity contribution >= 4 is 39.0 Å². The van der Waals surface area contributed by atoms with Crippen molar-refractivity contribution in [3.63, 3.8) is 0 Å². The molecule has 5 N–H and O–H groups in total. The number of rotatable bonds is 3. The molecule has 0 aliphatic carbocycles. The highest BCUT2D eigenvalue weighted by Crippen LogP contribution is 2.37. The summed E-state index contributed by atoms with van der Waals surface area (Å²) in [5, 5.41) is 3.89. The Balaban J connectivity index is 1.14. The number of carbonyl (C=O) groups excluding carboxylic acids is 1. The van der Waals surface area contributed by atoms with Crippen LogP contribution in [-0.2, 0) is 11.2 Å². The second kappa shape index (κ2) is 8.07. The summed E-state index contributed by atoms with van der Waals surface area (Å²) in [6, 6.07) is 7.79. The predicted molar refractivity (Wildman–Crippen MR) is 132 cm³/mol. The van der Waals surface area contributed by atoms with Crippen molar-refractivity contribution in [1.82, 2.24) is 15.3 Å². The van der Waals surface area contributed by atoms with E-state index in [2.05, 4.69) is 15.2 Å². The van der Waals surface area contributed by atoms with Crippen LogP contribution in [0.4, 0.5) is 11.5 Å². The smallest absolute Gasteiger partial charge is 0.263 e. The van der Waals surface area contributed by atoms with Gasteiger partial charge < -0.3 is 31.2 Å². The average molecular weight is 481 g/mol. The van der Waals surface area contributed by atoms with E-state index in [1.165, 1.54) is 11.3 Å². The zero-order chi connectivity index (χ0) is 23.4. The molecule has 3 aliphatic rings. The van der Waals surface area contributed by atoms with Crippen LogP contribution in [0.2, 0.25) is 0 Å². The normalized spacial score (nSPS) is 26.1. The molecule has 6 heterocycles. The van der Waals surface area contributed by atoms with Crippen LogP contribution in [0.3, 0.4) is 0 Å². The summed E-state index contributed by atoms with van der Waals surface area (Å²) >= 11 is 1.32. The summed E-state index contributed by atoms with van der Waals surface area (Å²) in [4.78, 5) is 25.7. The summed E-state index contributed by atoms with van der Waals surface area (Å²) in [6.07, 6.45) is 2.47. The second-order valence-electron chi connectivity index (χ2n) is 9.45. The zero-order valence-electron chi connectivity index (χ0n) is 19.0. The Bertz CT molecular complexity index is 1280. The Morgan fingerprint density at radius 1 is 1.29 bits per heavy atom. The fourth-order valence-corrected chi connectivity index (χ4v) is 6.24. The molecule has 0 saturated carbocycles. The number of aryl methyl sites for hydroxylation is 1. The summed E-state index contributed by atoms with van der Waals surface area (Å²) in [6.45, 7) is 4.62. The lowest BCUT2D eigenvalue weighted by Gasteiger charge is -2.29. The van der Waals surface area contributed by atoms with Gasteiger partial charge in [0.1, 0.15) is 27.7 Å². The number of nitrogen functional groups attached to an aromatic ring is 1. The van der Waals surface area contributed by atoms with E-state index in [9.17, 15) is 4.79 Å². The van der Waals surface area contributed by atoms with Gasteiger partial charge in [-0.05, 0) is 44.0 Å². The highest BCUT2D eigenvalue weighted by atomic mass is 32.1. The topological polar surface area (TPSA) is 129 Å². The van der Waals surface area contributed by atoms with E-state index >= 15 is 0 Å². The van der Waals surface area contributed by atoms with Crippen LogP contribution in [0, 0.1) is 6.92 Å². The number of carbonyl (C=O) groups is 1. The molecular weight excluding hydrogens is 452 g/mol. The highest BCUT2D eigenvalue weighted by Gasteiger charge is 2.47. The van der Waals surface area contributed by atoms with E-state index in [1.807, 2.05) is 31.2 Å². The van der Waals surface area contributed by atoms with Gasteiger partial charge in [0.25, 0.3) is 5.91 Å². The van der Waals surface area contributed by atoms with Gasteiger partial charge in [-0.1, -0.05) is 0 Å². The number of hydrogen-bond acceptors (Lipinski definition) is 9. The largest absolute Gasteiger partial charge is 0.475 e. The molecule has 0 unspecified atom stereocenters. The fraction of sp³-hybridized carbons (Fsp3) is 0.458. The number of nitrogens with one attached hydrogen (secondary N) is 1. The number of amides is 1. The summed E-state index contributed by atoms with van der Waals surface area (Å²) in [5.41, 5.74) is 14.7. The molecule has 3 aromatic heterocycles. The van der Waals surface area contributed by atoms with Crippen molar-refractivity contribution in [2.75, 3.05) is 36.9 Å². The number of aromatic nitrogens is 2. The number of ether oxygens (including phenoxy) is 2. The van der Waals surface area contributed by atoms with E-state index in [0.29, 0.717) is 29.5 Å². The maximum Gasteiger partial charge on any atom is 0.263 e. The number of anilines is 2. The van der Waals surface area contributed by atoms with Crippen molar-refractivity contribution < 1.29 is 14.3 Å². The third-order valence-corrected chi connectivity index (χ3v) is 8.28. The van der Waals surface area contributed by atoms with E-state index < -0.39 is 0 Å². The van der Waals surface area contributed by atoms with Crippen LogP contribution in [-0.4, -0.2) is 59.9 Å². The predicted octanol–water partition coefficient (Wildman–Crippen LogP) is 2.01. The molecule has 3 aromatic rings. The molecule has 0 bridgehead atoms. The minimum Gasteiger partial charge on any atom is -0.475 e. The molecule has 1 amide bonds. The van der Waals surface area contributed by atoms with Crippen LogP contribution < -0.4 is 26.4 Å². The van der Waals surface area contributed by atoms with Crippen LogP contribution in [0.25, 0.3) is 10.2 Å². The van der Waals surface area contributed by atoms with Crippen molar-refractivity contribution in [1.29, 1.82) is 0 Å². The first-order valence-electron chi connectivity index (χ1n) is 11.7. The van der Waals surface area contributed by atoms with Gasteiger partial charge in [0.05, 0.1) is 11.7 Å². The van der Waals surface area contributed by atoms with Gasteiger partial charge in [-0.3, -0.25) is 4.79 Å². The molecule has 34 heavy (non-hydrogen) atoms.